The molecule has 2 N–H and O–H groups in total. The van der Waals surface area contributed by atoms with E-state index in [1.165, 1.54) is 36.7 Å². The van der Waals surface area contributed by atoms with Crippen LogP contribution in [-0.2, 0) is 13.2 Å². The van der Waals surface area contributed by atoms with Gasteiger partial charge < -0.3 is 15.0 Å². The zero-order valence-corrected chi connectivity index (χ0v) is 15.7. The van der Waals surface area contributed by atoms with Crippen LogP contribution in [0.5, 0.6) is 5.75 Å². The van der Waals surface area contributed by atoms with Crippen LogP contribution < -0.4 is 10.5 Å². The van der Waals surface area contributed by atoms with E-state index in [-0.39, 0.29) is 22.8 Å². The number of amides is 1. The molecular weight excluding hydrogens is 411 g/mol. The third kappa shape index (κ3) is 3.95. The number of carbonyl (C=O) groups is 1. The van der Waals surface area contributed by atoms with Crippen LogP contribution in [0.3, 0.4) is 0 Å². The van der Waals surface area contributed by atoms with Crippen molar-refractivity contribution in [2.75, 3.05) is 0 Å². The molecule has 1 amide bonds. The summed E-state index contributed by atoms with van der Waals surface area (Å²) in [5, 5.41) is 7.61. The van der Waals surface area contributed by atoms with E-state index in [4.69, 9.17) is 10.5 Å². The minimum absolute atomic E-state index is 0.0276. The molecule has 3 aromatic rings. The Kier molecular flexibility index (Phi) is 5.47. The molecule has 158 valence electrons. The van der Waals surface area contributed by atoms with Crippen molar-refractivity contribution in [2.24, 2.45) is 12.8 Å². The van der Waals surface area contributed by atoms with Crippen molar-refractivity contribution in [3.63, 3.8) is 0 Å². The van der Waals surface area contributed by atoms with Crippen LogP contribution in [0.25, 0.3) is 11.4 Å². The highest BCUT2D eigenvalue weighted by molar-refractivity contribution is 5.92. The first kappa shape index (κ1) is 21.2. The van der Waals surface area contributed by atoms with Gasteiger partial charge in [-0.15, -0.1) is 10.2 Å². The molecule has 0 radical (unpaired) electrons. The lowest BCUT2D eigenvalue weighted by Gasteiger charge is -2.16. The largest absolute Gasteiger partial charge is 0.477 e. The van der Waals surface area contributed by atoms with E-state index in [1.807, 2.05) is 0 Å². The van der Waals surface area contributed by atoms with Crippen LogP contribution in [0.1, 0.15) is 34.8 Å². The van der Waals surface area contributed by atoms with E-state index in [0.717, 1.165) is 18.2 Å². The topological polar surface area (TPSA) is 83.0 Å². The number of aromatic nitrogens is 3. The maximum atomic E-state index is 14.2. The lowest BCUT2D eigenvalue weighted by atomic mass is 10.1. The average Bonchev–Trinajstić information content (AvgIpc) is 3.05. The van der Waals surface area contributed by atoms with Gasteiger partial charge in [0.25, 0.3) is 0 Å². The summed E-state index contributed by atoms with van der Waals surface area (Å²) < 4.78 is 74.7. The zero-order chi connectivity index (χ0) is 22.2. The highest BCUT2D eigenvalue weighted by atomic mass is 19.4. The Morgan fingerprint density at radius 3 is 2.30 bits per heavy atom. The minimum Gasteiger partial charge on any atom is -0.477 e. The van der Waals surface area contributed by atoms with Crippen molar-refractivity contribution in [1.29, 1.82) is 0 Å². The Balaban J connectivity index is 1.95. The van der Waals surface area contributed by atoms with Crippen LogP contribution in [0, 0.1) is 11.6 Å². The summed E-state index contributed by atoms with van der Waals surface area (Å²) >= 11 is 0. The third-order valence-corrected chi connectivity index (χ3v) is 4.32. The fraction of sp³-hybridized carbons (Fsp3) is 0.211. The normalized spacial score (nSPS) is 12.6. The maximum absolute atomic E-state index is 14.2. The number of halogens is 5. The van der Waals surface area contributed by atoms with Crippen molar-refractivity contribution in [3.8, 4) is 17.1 Å². The summed E-state index contributed by atoms with van der Waals surface area (Å²) in [7, 11) is 1.40. The quantitative estimate of drug-likeness (QED) is 0.625. The number of rotatable bonds is 5. The fourth-order valence-corrected chi connectivity index (χ4v) is 2.90. The van der Waals surface area contributed by atoms with E-state index in [2.05, 4.69) is 10.2 Å². The van der Waals surface area contributed by atoms with Crippen molar-refractivity contribution in [1.82, 2.24) is 14.8 Å². The Hall–Kier alpha value is -3.50. The first-order valence-corrected chi connectivity index (χ1v) is 8.52. The van der Waals surface area contributed by atoms with Gasteiger partial charge in [0, 0.05) is 18.2 Å². The molecule has 6 nitrogen and oxygen atoms in total. The van der Waals surface area contributed by atoms with Gasteiger partial charge in [-0.25, -0.2) is 8.78 Å². The first-order chi connectivity index (χ1) is 14.0. The molecular formula is C19H15F5N4O2. The SMILES string of the molecule is C[C@H](Oc1c(F)cc(C(N)=O)cc1F)c1nnc(-c2ccccc2C(F)(F)F)n1C. The molecule has 0 bridgehead atoms. The average molecular weight is 426 g/mol. The molecule has 0 spiro atoms. The number of carbonyl (C=O) groups excluding carboxylic acids is 1. The number of benzene rings is 2. The van der Waals surface area contributed by atoms with Gasteiger partial charge >= 0.3 is 6.18 Å². The predicted molar refractivity (Wildman–Crippen MR) is 95.4 cm³/mol. The smallest absolute Gasteiger partial charge is 0.417 e. The Labute approximate surface area is 167 Å². The molecule has 0 unspecified atom stereocenters. The van der Waals surface area contributed by atoms with Crippen LogP contribution in [0.4, 0.5) is 22.0 Å². The molecule has 0 saturated carbocycles. The number of nitrogens with two attached hydrogens (primary N) is 1. The summed E-state index contributed by atoms with van der Waals surface area (Å²) in [6.45, 7) is 1.39. The molecule has 1 aromatic heterocycles. The van der Waals surface area contributed by atoms with E-state index in [9.17, 15) is 26.7 Å². The number of alkyl halides is 3. The number of primary amides is 1. The van der Waals surface area contributed by atoms with E-state index in [0.29, 0.717) is 0 Å². The fourth-order valence-electron chi connectivity index (χ4n) is 2.90. The van der Waals surface area contributed by atoms with Crippen LogP contribution in [0.2, 0.25) is 0 Å². The van der Waals surface area contributed by atoms with Gasteiger partial charge in [0.05, 0.1) is 5.56 Å². The van der Waals surface area contributed by atoms with Crippen LogP contribution in [-0.4, -0.2) is 20.7 Å². The van der Waals surface area contributed by atoms with Gasteiger partial charge in [0.1, 0.15) is 0 Å². The molecule has 11 heteroatoms. The second-order valence-corrected chi connectivity index (χ2v) is 6.38. The molecule has 0 fully saturated rings. The zero-order valence-electron chi connectivity index (χ0n) is 15.7. The molecule has 0 aliphatic rings. The summed E-state index contributed by atoms with van der Waals surface area (Å²) in [6, 6.07) is 6.25. The molecule has 0 aliphatic carbocycles. The molecule has 3 rings (SSSR count). The van der Waals surface area contributed by atoms with Gasteiger partial charge in [-0.1, -0.05) is 18.2 Å². The summed E-state index contributed by atoms with van der Waals surface area (Å²) in [4.78, 5) is 11.1. The summed E-state index contributed by atoms with van der Waals surface area (Å²) in [6.07, 6.45) is -5.70. The van der Waals surface area contributed by atoms with Crippen LogP contribution in [0.15, 0.2) is 36.4 Å². The Bertz CT molecular complexity index is 1090. The number of nitrogens with zero attached hydrogens (tertiary/aromatic N) is 3. The van der Waals surface area contributed by atoms with Crippen molar-refractivity contribution < 1.29 is 31.5 Å². The molecule has 1 atom stereocenters. The van der Waals surface area contributed by atoms with E-state index < -0.39 is 41.1 Å². The van der Waals surface area contributed by atoms with Gasteiger partial charge in [0.2, 0.25) is 5.91 Å². The second kappa shape index (κ2) is 7.73. The first-order valence-electron chi connectivity index (χ1n) is 8.52. The summed E-state index contributed by atoms with van der Waals surface area (Å²) in [5.41, 5.74) is 3.51. The minimum atomic E-state index is -4.61. The Morgan fingerprint density at radius 2 is 1.73 bits per heavy atom. The maximum Gasteiger partial charge on any atom is 0.417 e. The molecule has 1 heterocycles. The van der Waals surface area contributed by atoms with E-state index in [1.54, 1.807) is 0 Å². The van der Waals surface area contributed by atoms with Gasteiger partial charge in [0.15, 0.2) is 35.1 Å². The monoisotopic (exact) mass is 426 g/mol. The molecule has 0 aliphatic heterocycles. The lowest BCUT2D eigenvalue weighted by molar-refractivity contribution is -0.137. The Morgan fingerprint density at radius 1 is 1.13 bits per heavy atom. The molecule has 2 aromatic carbocycles. The molecule has 0 saturated heterocycles. The van der Waals surface area contributed by atoms with Crippen molar-refractivity contribution in [3.05, 3.63) is 65.0 Å². The van der Waals surface area contributed by atoms with Crippen LogP contribution >= 0.6 is 0 Å². The number of hydrogen-bond acceptors (Lipinski definition) is 4. The number of hydrogen-bond donors (Lipinski definition) is 1. The standard InChI is InChI=1S/C19H15F5N4O2/c1-9(30-15-13(20)7-10(16(25)29)8-14(15)21)17-26-27-18(28(17)2)11-5-3-4-6-12(11)19(22,23)24/h3-9H,1-2H3,(H2,25,29)/t9-/m0/s1. The molecule has 30 heavy (non-hydrogen) atoms. The highest BCUT2D eigenvalue weighted by Gasteiger charge is 2.35. The van der Waals surface area contributed by atoms with Crippen molar-refractivity contribution in [2.45, 2.75) is 19.2 Å². The van der Waals surface area contributed by atoms with Crippen molar-refractivity contribution >= 4 is 5.91 Å². The predicted octanol–water partition coefficient (Wildman–Crippen LogP) is 4.02. The summed E-state index contributed by atoms with van der Waals surface area (Å²) in [5.74, 6) is -4.21. The highest BCUT2D eigenvalue weighted by Crippen LogP contribution is 2.37. The van der Waals surface area contributed by atoms with Gasteiger partial charge in [-0.3, -0.25) is 4.79 Å². The van der Waals surface area contributed by atoms with Gasteiger partial charge in [-0.2, -0.15) is 13.2 Å². The number of ether oxygens (including phenoxy) is 1. The van der Waals surface area contributed by atoms with E-state index >= 15 is 0 Å². The lowest BCUT2D eigenvalue weighted by Crippen LogP contribution is -2.15. The van der Waals surface area contributed by atoms with Gasteiger partial charge in [-0.05, 0) is 25.1 Å². The third-order valence-electron chi connectivity index (χ3n) is 4.32. The second-order valence-electron chi connectivity index (χ2n) is 6.38.